The molecule has 0 aromatic carbocycles. The molecule has 2 aromatic heterocycles. The van der Waals surface area contributed by atoms with Crippen LogP contribution < -0.4 is 5.32 Å². The second-order valence-electron chi connectivity index (χ2n) is 6.68. The molecular weight excluding hydrogens is 348 g/mol. The molecule has 0 saturated carbocycles. The number of carbonyl (C=O) groups is 3. The summed E-state index contributed by atoms with van der Waals surface area (Å²) in [7, 11) is 3.28. The van der Waals surface area contributed by atoms with E-state index in [1.807, 2.05) is 18.2 Å². The maximum absolute atomic E-state index is 12.4. The van der Waals surface area contributed by atoms with Crippen LogP contribution in [0.4, 0.5) is 0 Å². The zero-order valence-electron chi connectivity index (χ0n) is 15.3. The molecule has 8 nitrogen and oxygen atoms in total. The van der Waals surface area contributed by atoms with E-state index in [0.717, 1.165) is 5.69 Å². The predicted molar refractivity (Wildman–Crippen MR) is 96.3 cm³/mol. The third-order valence-electron chi connectivity index (χ3n) is 4.38. The molecule has 1 aliphatic rings. The molecule has 0 unspecified atom stereocenters. The van der Waals surface area contributed by atoms with Gasteiger partial charge in [-0.05, 0) is 24.3 Å². The van der Waals surface area contributed by atoms with Crippen LogP contribution in [0.2, 0.25) is 0 Å². The van der Waals surface area contributed by atoms with E-state index >= 15 is 0 Å². The van der Waals surface area contributed by atoms with Crippen molar-refractivity contribution in [1.82, 2.24) is 20.1 Å². The minimum absolute atomic E-state index is 0.0577. The Morgan fingerprint density at radius 3 is 2.81 bits per heavy atom. The largest absolute Gasteiger partial charge is 0.454 e. The molecule has 1 aliphatic heterocycles. The van der Waals surface area contributed by atoms with Crippen molar-refractivity contribution in [3.8, 4) is 0 Å². The second-order valence-corrected chi connectivity index (χ2v) is 6.68. The van der Waals surface area contributed by atoms with Gasteiger partial charge in [0.05, 0.1) is 24.7 Å². The molecule has 1 saturated heterocycles. The number of pyridine rings is 1. The van der Waals surface area contributed by atoms with Crippen LogP contribution in [0.25, 0.3) is 0 Å². The topological polar surface area (TPSA) is 95.8 Å². The summed E-state index contributed by atoms with van der Waals surface area (Å²) < 4.78 is 5.45. The zero-order chi connectivity index (χ0) is 19.4. The Balaban J connectivity index is 1.52. The van der Waals surface area contributed by atoms with E-state index in [1.165, 1.54) is 4.90 Å². The molecule has 0 radical (unpaired) electrons. The molecule has 1 atom stereocenters. The van der Waals surface area contributed by atoms with Gasteiger partial charge < -0.3 is 19.5 Å². The lowest BCUT2D eigenvalue weighted by Crippen LogP contribution is -2.32. The molecule has 3 rings (SSSR count). The first kappa shape index (κ1) is 18.6. The fourth-order valence-electron chi connectivity index (χ4n) is 2.91. The summed E-state index contributed by atoms with van der Waals surface area (Å²) in [4.78, 5) is 43.7. The number of carbonyl (C=O) groups excluding carboxylic acids is 3. The van der Waals surface area contributed by atoms with Gasteiger partial charge in [-0.3, -0.25) is 19.4 Å². The summed E-state index contributed by atoms with van der Waals surface area (Å²) in [5.74, 6) is -0.190. The van der Waals surface area contributed by atoms with Crippen LogP contribution in [0.3, 0.4) is 0 Å². The van der Waals surface area contributed by atoms with Crippen LogP contribution in [0, 0.1) is 5.92 Å². The Kier molecular flexibility index (Phi) is 5.54. The number of rotatable bonds is 6. The van der Waals surface area contributed by atoms with Gasteiger partial charge in [-0.25, -0.2) is 0 Å². The Bertz CT molecular complexity index is 831. The van der Waals surface area contributed by atoms with Crippen molar-refractivity contribution in [2.45, 2.75) is 19.5 Å². The van der Waals surface area contributed by atoms with E-state index in [9.17, 15) is 14.4 Å². The minimum atomic E-state index is -0.404. The third-order valence-corrected chi connectivity index (χ3v) is 4.38. The number of furan rings is 1. The van der Waals surface area contributed by atoms with Crippen molar-refractivity contribution in [2.75, 3.05) is 20.6 Å². The summed E-state index contributed by atoms with van der Waals surface area (Å²) in [6.07, 6.45) is 1.86. The molecule has 3 heterocycles. The molecule has 142 valence electrons. The first-order chi connectivity index (χ1) is 12.9. The Hall–Kier alpha value is -3.16. The quantitative estimate of drug-likeness (QED) is 0.820. The van der Waals surface area contributed by atoms with E-state index < -0.39 is 5.92 Å². The average molecular weight is 370 g/mol. The second kappa shape index (κ2) is 8.03. The molecule has 3 amide bonds. The van der Waals surface area contributed by atoms with E-state index in [2.05, 4.69) is 10.3 Å². The Labute approximate surface area is 157 Å². The van der Waals surface area contributed by atoms with Gasteiger partial charge in [-0.1, -0.05) is 6.07 Å². The molecule has 27 heavy (non-hydrogen) atoms. The first-order valence-corrected chi connectivity index (χ1v) is 8.70. The Morgan fingerprint density at radius 1 is 1.30 bits per heavy atom. The number of nitrogens with one attached hydrogen (secondary N) is 1. The van der Waals surface area contributed by atoms with Crippen LogP contribution in [-0.2, 0) is 22.7 Å². The fraction of sp³-hybridized carbons (Fsp3) is 0.368. The molecule has 1 N–H and O–H groups in total. The summed E-state index contributed by atoms with van der Waals surface area (Å²) in [5, 5.41) is 2.78. The maximum atomic E-state index is 12.4. The minimum Gasteiger partial charge on any atom is -0.454 e. The van der Waals surface area contributed by atoms with Crippen molar-refractivity contribution in [3.63, 3.8) is 0 Å². The number of amides is 3. The molecule has 0 aliphatic carbocycles. The first-order valence-electron chi connectivity index (χ1n) is 8.70. The van der Waals surface area contributed by atoms with Gasteiger partial charge in [-0.15, -0.1) is 0 Å². The van der Waals surface area contributed by atoms with Gasteiger partial charge in [0.2, 0.25) is 11.8 Å². The fourth-order valence-corrected chi connectivity index (χ4v) is 2.91. The lowest BCUT2D eigenvalue weighted by molar-refractivity contribution is -0.129. The lowest BCUT2D eigenvalue weighted by Gasteiger charge is -2.16. The van der Waals surface area contributed by atoms with Crippen molar-refractivity contribution in [2.24, 2.45) is 5.92 Å². The van der Waals surface area contributed by atoms with Crippen molar-refractivity contribution in [3.05, 3.63) is 53.7 Å². The normalized spacial score (nSPS) is 16.4. The van der Waals surface area contributed by atoms with Gasteiger partial charge in [0, 0.05) is 33.3 Å². The highest BCUT2D eigenvalue weighted by Crippen LogP contribution is 2.20. The third kappa shape index (κ3) is 4.52. The summed E-state index contributed by atoms with van der Waals surface area (Å²) >= 11 is 0. The van der Waals surface area contributed by atoms with Gasteiger partial charge in [0.25, 0.3) is 5.91 Å². The molecular formula is C19H22N4O4. The van der Waals surface area contributed by atoms with Crippen LogP contribution in [0.1, 0.15) is 28.4 Å². The van der Waals surface area contributed by atoms with E-state index in [4.69, 9.17) is 4.42 Å². The molecule has 1 fully saturated rings. The number of aromatic nitrogens is 1. The summed E-state index contributed by atoms with van der Waals surface area (Å²) in [5.41, 5.74) is 0.792. The van der Waals surface area contributed by atoms with Crippen molar-refractivity contribution >= 4 is 17.7 Å². The average Bonchev–Trinajstić information content (AvgIpc) is 3.27. The van der Waals surface area contributed by atoms with Crippen molar-refractivity contribution in [1.29, 1.82) is 0 Å². The van der Waals surface area contributed by atoms with E-state index in [0.29, 0.717) is 18.8 Å². The molecule has 0 spiro atoms. The maximum Gasteiger partial charge on any atom is 0.289 e. The number of nitrogens with zero attached hydrogens (tertiary/aromatic N) is 3. The van der Waals surface area contributed by atoms with Crippen LogP contribution in [0.5, 0.6) is 0 Å². The number of hydrogen-bond donors (Lipinski definition) is 1. The van der Waals surface area contributed by atoms with Gasteiger partial charge in [0.1, 0.15) is 5.76 Å². The lowest BCUT2D eigenvalue weighted by atomic mass is 10.1. The number of likely N-dealkylation sites (tertiary alicyclic amines) is 1. The predicted octanol–water partition coefficient (Wildman–Crippen LogP) is 1.04. The SMILES string of the molecule is CN(C)C(=O)c1ccc(CNC(=O)[C@H]2CC(=O)N(Cc3ccccn3)C2)o1. The van der Waals surface area contributed by atoms with Crippen LogP contribution >= 0.6 is 0 Å². The number of hydrogen-bond acceptors (Lipinski definition) is 5. The summed E-state index contributed by atoms with van der Waals surface area (Å²) in [6.45, 7) is 0.936. The van der Waals surface area contributed by atoms with Crippen LogP contribution in [0.15, 0.2) is 40.9 Å². The molecule has 2 aromatic rings. The highest BCUT2D eigenvalue weighted by molar-refractivity contribution is 5.91. The smallest absolute Gasteiger partial charge is 0.289 e. The van der Waals surface area contributed by atoms with E-state index in [-0.39, 0.29) is 36.4 Å². The zero-order valence-corrected chi connectivity index (χ0v) is 15.3. The monoisotopic (exact) mass is 370 g/mol. The highest BCUT2D eigenvalue weighted by Gasteiger charge is 2.34. The highest BCUT2D eigenvalue weighted by atomic mass is 16.4. The van der Waals surface area contributed by atoms with E-state index in [1.54, 1.807) is 37.3 Å². The van der Waals surface area contributed by atoms with Gasteiger partial charge >= 0.3 is 0 Å². The van der Waals surface area contributed by atoms with Gasteiger partial charge in [-0.2, -0.15) is 0 Å². The molecule has 0 bridgehead atoms. The van der Waals surface area contributed by atoms with Crippen molar-refractivity contribution < 1.29 is 18.8 Å². The Morgan fingerprint density at radius 2 is 2.11 bits per heavy atom. The standard InChI is InChI=1S/C19H22N4O4/c1-22(2)19(26)16-7-6-15(27-16)10-21-18(25)13-9-17(24)23(11-13)12-14-5-3-4-8-20-14/h3-8,13H,9-12H2,1-2H3,(H,21,25)/t13-/m0/s1. The van der Waals surface area contributed by atoms with Gasteiger partial charge in [0.15, 0.2) is 5.76 Å². The van der Waals surface area contributed by atoms with Crippen LogP contribution in [-0.4, -0.2) is 53.1 Å². The summed E-state index contributed by atoms with van der Waals surface area (Å²) in [6, 6.07) is 8.77. The molecule has 8 heteroatoms.